The van der Waals surface area contributed by atoms with Crippen molar-refractivity contribution in [3.05, 3.63) is 22.6 Å². The quantitative estimate of drug-likeness (QED) is 0.831. The largest absolute Gasteiger partial charge is 0.467 e. The average molecular weight is 240 g/mol. The van der Waals surface area contributed by atoms with Crippen molar-refractivity contribution in [2.24, 2.45) is 5.14 Å². The van der Waals surface area contributed by atoms with Gasteiger partial charge in [-0.1, -0.05) is 0 Å². The lowest BCUT2D eigenvalue weighted by atomic mass is 10.5. The molecule has 1 aromatic heterocycles. The fourth-order valence-electron chi connectivity index (χ4n) is 0.628. The molecule has 0 bridgehead atoms. The minimum Gasteiger partial charge on any atom is -0.467 e. The van der Waals surface area contributed by atoms with Gasteiger partial charge < -0.3 is 4.42 Å². The monoisotopic (exact) mass is 239 g/mol. The minimum atomic E-state index is -3.48. The number of hydrogen-bond acceptors (Lipinski definition) is 3. The molecular weight excluding hydrogens is 234 g/mol. The summed E-state index contributed by atoms with van der Waals surface area (Å²) in [5, 5.41) is 4.77. The van der Waals surface area contributed by atoms with Gasteiger partial charge in [-0.15, -0.1) is 0 Å². The van der Waals surface area contributed by atoms with Crippen LogP contribution in [0.25, 0.3) is 0 Å². The first kappa shape index (κ1) is 8.76. The van der Waals surface area contributed by atoms with Crippen molar-refractivity contribution in [2.75, 3.05) is 0 Å². The second-order valence-electron chi connectivity index (χ2n) is 2.04. The first-order chi connectivity index (χ1) is 4.97. The van der Waals surface area contributed by atoms with Crippen molar-refractivity contribution in [1.29, 1.82) is 0 Å². The molecule has 2 N–H and O–H groups in total. The van der Waals surface area contributed by atoms with Gasteiger partial charge in [-0.2, -0.15) is 0 Å². The summed E-state index contributed by atoms with van der Waals surface area (Å²) in [6.45, 7) is 0. The lowest BCUT2D eigenvalue weighted by Crippen LogP contribution is -2.13. The van der Waals surface area contributed by atoms with E-state index in [9.17, 15) is 8.42 Å². The first-order valence-corrected chi connectivity index (χ1v) is 5.21. The Bertz CT molecular complexity index is 342. The Hall–Kier alpha value is -0.330. The number of furan rings is 1. The van der Waals surface area contributed by atoms with Crippen LogP contribution in [-0.2, 0) is 15.8 Å². The van der Waals surface area contributed by atoms with Gasteiger partial charge in [0.1, 0.15) is 17.8 Å². The molecule has 0 spiro atoms. The van der Waals surface area contributed by atoms with Gasteiger partial charge in [0.25, 0.3) is 0 Å². The van der Waals surface area contributed by atoms with E-state index < -0.39 is 10.0 Å². The van der Waals surface area contributed by atoms with Gasteiger partial charge in [0.15, 0.2) is 0 Å². The van der Waals surface area contributed by atoms with E-state index in [0.29, 0.717) is 10.2 Å². The molecule has 0 saturated heterocycles. The molecule has 0 aliphatic heterocycles. The highest BCUT2D eigenvalue weighted by Crippen LogP contribution is 2.15. The number of rotatable bonds is 2. The van der Waals surface area contributed by atoms with E-state index in [4.69, 9.17) is 9.56 Å². The first-order valence-electron chi connectivity index (χ1n) is 2.71. The molecule has 0 fully saturated rings. The summed E-state index contributed by atoms with van der Waals surface area (Å²) < 4.78 is 26.6. The Morgan fingerprint density at radius 3 is 2.64 bits per heavy atom. The van der Waals surface area contributed by atoms with Crippen molar-refractivity contribution < 1.29 is 12.8 Å². The SMILES string of the molecule is NS(=O)(=O)Cc1cc(Br)co1. The molecule has 1 aromatic rings. The molecule has 0 radical (unpaired) electrons. The molecule has 4 nitrogen and oxygen atoms in total. The van der Waals surface area contributed by atoms with Crippen LogP contribution >= 0.6 is 15.9 Å². The van der Waals surface area contributed by atoms with Crippen molar-refractivity contribution in [3.63, 3.8) is 0 Å². The summed E-state index contributed by atoms with van der Waals surface area (Å²) in [6.07, 6.45) is 1.40. The van der Waals surface area contributed by atoms with E-state index in [1.165, 1.54) is 6.26 Å². The normalized spacial score (nSPS) is 11.8. The topological polar surface area (TPSA) is 73.3 Å². The molecule has 0 atom stereocenters. The third-order valence-electron chi connectivity index (χ3n) is 0.965. The molecule has 62 valence electrons. The maximum absolute atomic E-state index is 10.5. The molecule has 1 heterocycles. The average Bonchev–Trinajstić information content (AvgIpc) is 2.10. The smallest absolute Gasteiger partial charge is 0.216 e. The van der Waals surface area contributed by atoms with Crippen molar-refractivity contribution in [1.82, 2.24) is 0 Å². The van der Waals surface area contributed by atoms with Gasteiger partial charge in [0.2, 0.25) is 10.0 Å². The predicted molar refractivity (Wildman–Crippen MR) is 43.2 cm³/mol. The van der Waals surface area contributed by atoms with Crippen LogP contribution in [0.15, 0.2) is 21.2 Å². The Labute approximate surface area is 72.6 Å². The van der Waals surface area contributed by atoms with Gasteiger partial charge in [-0.3, -0.25) is 0 Å². The van der Waals surface area contributed by atoms with Crippen LogP contribution in [0.5, 0.6) is 0 Å². The number of primary sulfonamides is 1. The zero-order chi connectivity index (χ0) is 8.48. The van der Waals surface area contributed by atoms with E-state index in [1.54, 1.807) is 6.07 Å². The molecular formula is C5H6BrNO3S. The van der Waals surface area contributed by atoms with E-state index in [0.717, 1.165) is 0 Å². The Morgan fingerprint density at radius 2 is 2.27 bits per heavy atom. The van der Waals surface area contributed by atoms with Crippen LogP contribution in [-0.4, -0.2) is 8.42 Å². The van der Waals surface area contributed by atoms with Gasteiger partial charge in [-0.05, 0) is 22.0 Å². The molecule has 0 saturated carbocycles. The lowest BCUT2D eigenvalue weighted by Gasteiger charge is -1.90. The number of sulfonamides is 1. The summed E-state index contributed by atoms with van der Waals surface area (Å²) >= 11 is 3.11. The fraction of sp³-hybridized carbons (Fsp3) is 0.200. The molecule has 11 heavy (non-hydrogen) atoms. The molecule has 0 aliphatic rings. The Kier molecular flexibility index (Phi) is 2.36. The highest BCUT2D eigenvalue weighted by molar-refractivity contribution is 9.10. The summed E-state index contributed by atoms with van der Waals surface area (Å²) in [5.74, 6) is 0.0675. The Balaban J connectivity index is 2.81. The molecule has 1 rings (SSSR count). The fourth-order valence-corrected chi connectivity index (χ4v) is 1.52. The van der Waals surface area contributed by atoms with Gasteiger partial charge in [-0.25, -0.2) is 13.6 Å². The number of hydrogen-bond donors (Lipinski definition) is 1. The van der Waals surface area contributed by atoms with E-state index >= 15 is 0 Å². The molecule has 0 unspecified atom stereocenters. The zero-order valence-electron chi connectivity index (χ0n) is 5.45. The van der Waals surface area contributed by atoms with Crippen LogP contribution in [0.1, 0.15) is 5.76 Å². The maximum atomic E-state index is 10.5. The zero-order valence-corrected chi connectivity index (χ0v) is 7.85. The van der Waals surface area contributed by atoms with Gasteiger partial charge >= 0.3 is 0 Å². The van der Waals surface area contributed by atoms with Crippen LogP contribution in [0, 0.1) is 0 Å². The van der Waals surface area contributed by atoms with Gasteiger partial charge in [0, 0.05) is 0 Å². The second kappa shape index (κ2) is 2.96. The summed E-state index contributed by atoms with van der Waals surface area (Å²) in [7, 11) is -3.48. The van der Waals surface area contributed by atoms with Crippen LogP contribution in [0.3, 0.4) is 0 Å². The third kappa shape index (κ3) is 3.04. The molecule has 0 aromatic carbocycles. The lowest BCUT2D eigenvalue weighted by molar-refractivity contribution is 0.520. The summed E-state index contributed by atoms with van der Waals surface area (Å²) in [5.41, 5.74) is 0. The Morgan fingerprint density at radius 1 is 1.64 bits per heavy atom. The van der Waals surface area contributed by atoms with E-state index in [1.807, 2.05) is 0 Å². The van der Waals surface area contributed by atoms with E-state index in [2.05, 4.69) is 15.9 Å². The van der Waals surface area contributed by atoms with Crippen LogP contribution < -0.4 is 5.14 Å². The molecule has 0 aliphatic carbocycles. The molecule has 6 heteroatoms. The van der Waals surface area contributed by atoms with Crippen molar-refractivity contribution in [3.8, 4) is 0 Å². The summed E-state index contributed by atoms with van der Waals surface area (Å²) in [4.78, 5) is 0. The van der Waals surface area contributed by atoms with Crippen LogP contribution in [0.4, 0.5) is 0 Å². The minimum absolute atomic E-state index is 0.265. The van der Waals surface area contributed by atoms with Crippen molar-refractivity contribution in [2.45, 2.75) is 5.75 Å². The number of nitrogens with two attached hydrogens (primary N) is 1. The number of halogens is 1. The van der Waals surface area contributed by atoms with Gasteiger partial charge in [0.05, 0.1) is 4.47 Å². The van der Waals surface area contributed by atoms with Crippen molar-refractivity contribution >= 4 is 26.0 Å². The third-order valence-corrected chi connectivity index (χ3v) is 2.07. The molecule has 0 amide bonds. The van der Waals surface area contributed by atoms with E-state index in [-0.39, 0.29) is 5.75 Å². The standard InChI is InChI=1S/C5H6BrNO3S/c6-4-1-5(10-2-4)3-11(7,8)9/h1-2H,3H2,(H2,7,8,9). The second-order valence-corrected chi connectivity index (χ2v) is 4.57. The summed E-state index contributed by atoms with van der Waals surface area (Å²) in [6, 6.07) is 1.56. The highest BCUT2D eigenvalue weighted by atomic mass is 79.9. The maximum Gasteiger partial charge on any atom is 0.216 e. The predicted octanol–water partition coefficient (Wildman–Crippen LogP) is 0.831. The highest BCUT2D eigenvalue weighted by Gasteiger charge is 2.07. The van der Waals surface area contributed by atoms with Crippen LogP contribution in [0.2, 0.25) is 0 Å².